The summed E-state index contributed by atoms with van der Waals surface area (Å²) in [4.78, 5) is 36.8. The van der Waals surface area contributed by atoms with Crippen LogP contribution in [0, 0.1) is 0 Å². The minimum Gasteiger partial charge on any atom is -0.365 e. The first-order valence-electron chi connectivity index (χ1n) is 6.13. The molecule has 2 rings (SSSR count). The Morgan fingerprint density at radius 3 is 2.61 bits per heavy atom. The highest BCUT2D eigenvalue weighted by Gasteiger charge is 2.46. The molecule has 18 heavy (non-hydrogen) atoms. The number of nitrogens with one attached hydrogen (secondary N) is 1. The number of rotatable bonds is 1. The van der Waals surface area contributed by atoms with Gasteiger partial charge in [0.25, 0.3) is 11.8 Å². The van der Waals surface area contributed by atoms with Crippen LogP contribution < -0.4 is 5.32 Å². The molecule has 2 unspecified atom stereocenters. The van der Waals surface area contributed by atoms with Crippen LogP contribution in [0.25, 0.3) is 0 Å². The molecule has 1 N–H and O–H groups in total. The molecule has 0 aromatic carbocycles. The van der Waals surface area contributed by atoms with Crippen molar-refractivity contribution < 1.29 is 19.1 Å². The number of hydrogen-bond acceptors (Lipinski definition) is 4. The summed E-state index contributed by atoms with van der Waals surface area (Å²) in [6.45, 7) is 5.08. The van der Waals surface area contributed by atoms with Crippen molar-refractivity contribution in [3.63, 3.8) is 0 Å². The molecule has 2 heterocycles. The molecule has 2 aliphatic rings. The quantitative estimate of drug-likeness (QED) is 0.658. The Hall–Kier alpha value is -1.43. The maximum Gasteiger partial charge on any atom is 0.253 e. The number of hydrogen-bond donors (Lipinski definition) is 1. The third-order valence-corrected chi connectivity index (χ3v) is 3.56. The van der Waals surface area contributed by atoms with Gasteiger partial charge in [0, 0.05) is 0 Å². The van der Waals surface area contributed by atoms with Crippen LogP contribution in [-0.4, -0.2) is 46.9 Å². The van der Waals surface area contributed by atoms with Crippen LogP contribution in [0.15, 0.2) is 0 Å². The summed E-state index contributed by atoms with van der Waals surface area (Å²) in [6.07, 6.45) is 0.988. The molecule has 0 aliphatic carbocycles. The summed E-state index contributed by atoms with van der Waals surface area (Å²) < 4.78 is 5.51. The molecule has 100 valence electrons. The Labute approximate surface area is 106 Å². The molecule has 6 heteroatoms. The van der Waals surface area contributed by atoms with Crippen LogP contribution in [0.5, 0.6) is 0 Å². The standard InChI is InChI=1S/C12H18N2O4/c1-7-4-5-8(18-7)10(16)14-6-9(15)13-11(17)12(14,2)3/h7-8H,4-6H2,1-3H3,(H,13,15,17). The zero-order valence-corrected chi connectivity index (χ0v) is 10.9. The van der Waals surface area contributed by atoms with Crippen LogP contribution in [0.1, 0.15) is 33.6 Å². The fourth-order valence-corrected chi connectivity index (χ4v) is 2.29. The van der Waals surface area contributed by atoms with Crippen LogP contribution in [0.3, 0.4) is 0 Å². The lowest BCUT2D eigenvalue weighted by Gasteiger charge is -2.41. The molecule has 3 amide bonds. The van der Waals surface area contributed by atoms with Crippen LogP contribution in [0.2, 0.25) is 0 Å². The summed E-state index contributed by atoms with van der Waals surface area (Å²) in [6, 6.07) is 0. The molecular formula is C12H18N2O4. The molecule has 0 radical (unpaired) electrons. The van der Waals surface area contributed by atoms with E-state index in [4.69, 9.17) is 4.74 Å². The van der Waals surface area contributed by atoms with Crippen molar-refractivity contribution >= 4 is 17.7 Å². The van der Waals surface area contributed by atoms with Gasteiger partial charge in [-0.1, -0.05) is 0 Å². The molecule has 6 nitrogen and oxygen atoms in total. The van der Waals surface area contributed by atoms with E-state index in [0.717, 1.165) is 6.42 Å². The number of imide groups is 1. The number of amides is 3. The van der Waals surface area contributed by atoms with Crippen LogP contribution >= 0.6 is 0 Å². The molecule has 2 saturated heterocycles. The lowest BCUT2D eigenvalue weighted by molar-refractivity contribution is -0.161. The van der Waals surface area contributed by atoms with E-state index in [0.29, 0.717) is 6.42 Å². The fourth-order valence-electron chi connectivity index (χ4n) is 2.29. The first-order chi connectivity index (χ1) is 8.32. The number of carbonyl (C=O) groups excluding carboxylic acids is 3. The van der Waals surface area contributed by atoms with Crippen molar-refractivity contribution in [1.29, 1.82) is 0 Å². The minimum atomic E-state index is -1.01. The van der Waals surface area contributed by atoms with Gasteiger partial charge < -0.3 is 9.64 Å². The molecule has 0 aromatic heterocycles. The van der Waals surface area contributed by atoms with Crippen molar-refractivity contribution in [3.05, 3.63) is 0 Å². The van der Waals surface area contributed by atoms with E-state index in [1.807, 2.05) is 6.92 Å². The van der Waals surface area contributed by atoms with Crippen LogP contribution in [0.4, 0.5) is 0 Å². The van der Waals surface area contributed by atoms with E-state index in [2.05, 4.69) is 5.32 Å². The highest BCUT2D eigenvalue weighted by molar-refractivity contribution is 6.06. The number of ether oxygens (including phenoxy) is 1. The predicted molar refractivity (Wildman–Crippen MR) is 62.5 cm³/mol. The third kappa shape index (κ3) is 2.12. The van der Waals surface area contributed by atoms with Crippen molar-refractivity contribution in [2.45, 2.75) is 51.4 Å². The van der Waals surface area contributed by atoms with Gasteiger partial charge in [0.15, 0.2) is 0 Å². The molecular weight excluding hydrogens is 236 g/mol. The van der Waals surface area contributed by atoms with Gasteiger partial charge in [0.05, 0.1) is 6.10 Å². The molecule has 0 bridgehead atoms. The lowest BCUT2D eigenvalue weighted by atomic mass is 9.97. The van der Waals surface area contributed by atoms with Crippen molar-refractivity contribution in [1.82, 2.24) is 10.2 Å². The molecule has 0 spiro atoms. The summed E-state index contributed by atoms with van der Waals surface area (Å²) in [5.41, 5.74) is -1.01. The predicted octanol–water partition coefficient (Wildman–Crippen LogP) is -0.182. The van der Waals surface area contributed by atoms with E-state index in [9.17, 15) is 14.4 Å². The van der Waals surface area contributed by atoms with Gasteiger partial charge >= 0.3 is 0 Å². The normalized spacial score (nSPS) is 31.4. The molecule has 2 aliphatic heterocycles. The minimum absolute atomic E-state index is 0.0522. The summed E-state index contributed by atoms with van der Waals surface area (Å²) in [5, 5.41) is 2.24. The second-order valence-electron chi connectivity index (χ2n) is 5.37. The first kappa shape index (κ1) is 13.0. The van der Waals surface area contributed by atoms with Gasteiger partial charge in [0.2, 0.25) is 5.91 Å². The Bertz CT molecular complexity index is 405. The second-order valence-corrected chi connectivity index (χ2v) is 5.37. The fraction of sp³-hybridized carbons (Fsp3) is 0.750. The smallest absolute Gasteiger partial charge is 0.253 e. The van der Waals surface area contributed by atoms with E-state index < -0.39 is 23.5 Å². The molecule has 0 aromatic rings. The van der Waals surface area contributed by atoms with Gasteiger partial charge in [-0.25, -0.2) is 0 Å². The van der Waals surface area contributed by atoms with Crippen molar-refractivity contribution in [3.8, 4) is 0 Å². The Morgan fingerprint density at radius 2 is 2.06 bits per heavy atom. The Balaban J connectivity index is 2.17. The molecule has 2 atom stereocenters. The SMILES string of the molecule is CC1CCC(C(=O)N2CC(=O)NC(=O)C2(C)C)O1. The zero-order valence-electron chi connectivity index (χ0n) is 10.9. The van der Waals surface area contributed by atoms with Gasteiger partial charge in [0.1, 0.15) is 18.2 Å². The molecule has 2 fully saturated rings. The average molecular weight is 254 g/mol. The van der Waals surface area contributed by atoms with Gasteiger partial charge in [-0.15, -0.1) is 0 Å². The highest BCUT2D eigenvalue weighted by Crippen LogP contribution is 2.25. The number of carbonyl (C=O) groups is 3. The average Bonchev–Trinajstić information content (AvgIpc) is 2.70. The topological polar surface area (TPSA) is 75.7 Å². The van der Waals surface area contributed by atoms with Crippen molar-refractivity contribution in [2.24, 2.45) is 0 Å². The maximum absolute atomic E-state index is 12.3. The van der Waals surface area contributed by atoms with E-state index in [-0.39, 0.29) is 18.6 Å². The Morgan fingerprint density at radius 1 is 1.39 bits per heavy atom. The lowest BCUT2D eigenvalue weighted by Crippen LogP contribution is -2.66. The summed E-state index contributed by atoms with van der Waals surface area (Å²) >= 11 is 0. The largest absolute Gasteiger partial charge is 0.365 e. The second kappa shape index (κ2) is 4.35. The van der Waals surface area contributed by atoms with Gasteiger partial charge in [-0.2, -0.15) is 0 Å². The van der Waals surface area contributed by atoms with E-state index in [1.54, 1.807) is 13.8 Å². The summed E-state index contributed by atoms with van der Waals surface area (Å²) in [5.74, 6) is -1.16. The number of nitrogens with zero attached hydrogens (tertiary/aromatic N) is 1. The van der Waals surface area contributed by atoms with Crippen LogP contribution in [-0.2, 0) is 19.1 Å². The molecule has 0 saturated carbocycles. The number of piperazine rings is 1. The summed E-state index contributed by atoms with van der Waals surface area (Å²) in [7, 11) is 0. The van der Waals surface area contributed by atoms with Gasteiger partial charge in [-0.3, -0.25) is 19.7 Å². The zero-order chi connectivity index (χ0) is 13.5. The van der Waals surface area contributed by atoms with Crippen molar-refractivity contribution in [2.75, 3.05) is 6.54 Å². The third-order valence-electron chi connectivity index (χ3n) is 3.56. The van der Waals surface area contributed by atoms with Gasteiger partial charge in [-0.05, 0) is 33.6 Å². The van der Waals surface area contributed by atoms with E-state index >= 15 is 0 Å². The Kier molecular flexibility index (Phi) is 3.14. The monoisotopic (exact) mass is 254 g/mol. The first-order valence-corrected chi connectivity index (χ1v) is 6.13. The van der Waals surface area contributed by atoms with E-state index in [1.165, 1.54) is 4.90 Å². The maximum atomic E-state index is 12.3. The highest BCUT2D eigenvalue weighted by atomic mass is 16.5.